The number of likely N-dealkylation sites (N-methyl/N-ethyl adjacent to an activating group) is 1. The molecule has 1 N–H and O–H groups in total. The largest absolute Gasteiger partial charge is 0.379 e. The Morgan fingerprint density at radius 3 is 2.46 bits per heavy atom. The normalized spacial score (nSPS) is 21.1. The van der Waals surface area contributed by atoms with E-state index in [4.69, 9.17) is 19.4 Å². The minimum absolute atomic E-state index is 0.211. The molecule has 8 heteroatoms. The molecular formula is C27H40N6O2. The summed E-state index contributed by atoms with van der Waals surface area (Å²) in [7, 11) is 2.19. The Morgan fingerprint density at radius 1 is 0.971 bits per heavy atom. The molecule has 1 aromatic carbocycles. The highest BCUT2D eigenvalue weighted by molar-refractivity contribution is 5.63. The Hall–Kier alpha value is -2.26. The summed E-state index contributed by atoms with van der Waals surface area (Å²) in [5.41, 5.74) is 4.33. The van der Waals surface area contributed by atoms with Crippen LogP contribution in [0, 0.1) is 0 Å². The first-order valence-corrected chi connectivity index (χ1v) is 13.1. The van der Waals surface area contributed by atoms with E-state index in [0.29, 0.717) is 6.61 Å². The number of piperazine rings is 1. The third-order valence-corrected chi connectivity index (χ3v) is 7.33. The lowest BCUT2D eigenvalue weighted by molar-refractivity contribution is -0.0411. The zero-order chi connectivity index (χ0) is 24.3. The summed E-state index contributed by atoms with van der Waals surface area (Å²) in [6, 6.07) is 8.77. The van der Waals surface area contributed by atoms with E-state index in [2.05, 4.69) is 65.2 Å². The topological polar surface area (TPSA) is 66.0 Å². The fourth-order valence-corrected chi connectivity index (χ4v) is 5.05. The van der Waals surface area contributed by atoms with Crippen molar-refractivity contribution in [3.63, 3.8) is 0 Å². The molecule has 8 nitrogen and oxygen atoms in total. The minimum Gasteiger partial charge on any atom is -0.379 e. The molecule has 35 heavy (non-hydrogen) atoms. The standard InChI is InChI=1S/C27H40N6O2/c1-27(2)19-24-23(20-35-27)26(28-9-4-10-32-15-17-34-18-16-32)30-25(29-24)21-5-7-22(8-6-21)33-13-11-31(3)12-14-33/h5-8H,4,9-20H2,1-3H3,(H,28,29,30). The molecule has 1 aromatic heterocycles. The van der Waals surface area contributed by atoms with Crippen molar-refractivity contribution in [1.29, 1.82) is 0 Å². The number of nitrogens with one attached hydrogen (secondary N) is 1. The van der Waals surface area contributed by atoms with Crippen molar-refractivity contribution >= 4 is 11.5 Å². The number of benzene rings is 1. The second kappa shape index (κ2) is 10.8. The molecule has 4 heterocycles. The van der Waals surface area contributed by atoms with E-state index >= 15 is 0 Å². The lowest BCUT2D eigenvalue weighted by atomic mass is 9.96. The monoisotopic (exact) mass is 480 g/mol. The fraction of sp³-hybridized carbons (Fsp3) is 0.630. The summed E-state index contributed by atoms with van der Waals surface area (Å²) in [6.45, 7) is 14.9. The number of anilines is 2. The second-order valence-corrected chi connectivity index (χ2v) is 10.6. The predicted molar refractivity (Wildman–Crippen MR) is 140 cm³/mol. The van der Waals surface area contributed by atoms with Crippen LogP contribution in [-0.4, -0.2) is 98.0 Å². The molecule has 3 aliphatic rings. The average molecular weight is 481 g/mol. The van der Waals surface area contributed by atoms with Crippen molar-refractivity contribution in [3.8, 4) is 11.4 Å². The molecule has 5 rings (SSSR count). The molecule has 0 amide bonds. The van der Waals surface area contributed by atoms with Gasteiger partial charge in [0.25, 0.3) is 0 Å². The number of hydrogen-bond acceptors (Lipinski definition) is 8. The first kappa shape index (κ1) is 24.4. The summed E-state index contributed by atoms with van der Waals surface area (Å²) >= 11 is 0. The first-order chi connectivity index (χ1) is 17.0. The molecule has 2 saturated heterocycles. The Morgan fingerprint density at radius 2 is 1.71 bits per heavy atom. The van der Waals surface area contributed by atoms with Gasteiger partial charge in [0.1, 0.15) is 5.82 Å². The molecule has 0 radical (unpaired) electrons. The fourth-order valence-electron chi connectivity index (χ4n) is 5.05. The van der Waals surface area contributed by atoms with Gasteiger partial charge in [-0.15, -0.1) is 0 Å². The van der Waals surface area contributed by atoms with Crippen molar-refractivity contribution in [2.75, 3.05) is 82.8 Å². The van der Waals surface area contributed by atoms with Crippen LogP contribution in [0.1, 0.15) is 31.5 Å². The van der Waals surface area contributed by atoms with E-state index in [9.17, 15) is 0 Å². The minimum atomic E-state index is -0.211. The lowest BCUT2D eigenvalue weighted by Crippen LogP contribution is -2.44. The number of morpholine rings is 1. The third-order valence-electron chi connectivity index (χ3n) is 7.33. The summed E-state index contributed by atoms with van der Waals surface area (Å²) in [6.07, 6.45) is 1.86. The highest BCUT2D eigenvalue weighted by Gasteiger charge is 2.30. The van der Waals surface area contributed by atoms with E-state index in [0.717, 1.165) is 107 Å². The van der Waals surface area contributed by atoms with Crippen LogP contribution in [-0.2, 0) is 22.5 Å². The summed E-state index contributed by atoms with van der Waals surface area (Å²) in [4.78, 5) is 17.3. The Bertz CT molecular complexity index is 982. The first-order valence-electron chi connectivity index (χ1n) is 13.1. The lowest BCUT2D eigenvalue weighted by Gasteiger charge is -2.34. The SMILES string of the molecule is CN1CCN(c2ccc(-c3nc4c(c(NCCCN5CCOCC5)n3)COC(C)(C)C4)cc2)CC1. The van der Waals surface area contributed by atoms with Crippen LogP contribution in [0.25, 0.3) is 11.4 Å². The van der Waals surface area contributed by atoms with Gasteiger partial charge in [-0.3, -0.25) is 4.90 Å². The second-order valence-electron chi connectivity index (χ2n) is 10.6. The van der Waals surface area contributed by atoms with Crippen molar-refractivity contribution in [1.82, 2.24) is 19.8 Å². The van der Waals surface area contributed by atoms with E-state index < -0.39 is 0 Å². The van der Waals surface area contributed by atoms with Gasteiger partial charge >= 0.3 is 0 Å². The van der Waals surface area contributed by atoms with Gasteiger partial charge in [-0.1, -0.05) is 0 Å². The summed E-state index contributed by atoms with van der Waals surface area (Å²) < 4.78 is 11.6. The molecule has 2 aromatic rings. The predicted octanol–water partition coefficient (Wildman–Crippen LogP) is 2.88. The molecule has 3 aliphatic heterocycles. The number of aromatic nitrogens is 2. The quantitative estimate of drug-likeness (QED) is 0.607. The number of rotatable bonds is 7. The van der Waals surface area contributed by atoms with Crippen molar-refractivity contribution in [2.45, 2.75) is 38.9 Å². The maximum absolute atomic E-state index is 6.12. The van der Waals surface area contributed by atoms with Gasteiger partial charge in [0, 0.05) is 69.0 Å². The Labute approximate surface area is 209 Å². The van der Waals surface area contributed by atoms with E-state index in [1.54, 1.807) is 0 Å². The van der Waals surface area contributed by atoms with E-state index in [1.165, 1.54) is 5.69 Å². The molecule has 0 unspecified atom stereocenters. The summed E-state index contributed by atoms with van der Waals surface area (Å²) in [5, 5.41) is 3.62. The maximum atomic E-state index is 6.12. The van der Waals surface area contributed by atoms with Gasteiger partial charge < -0.3 is 24.6 Å². The molecular weight excluding hydrogens is 440 g/mol. The van der Waals surface area contributed by atoms with E-state index in [1.807, 2.05) is 0 Å². The third kappa shape index (κ3) is 6.12. The van der Waals surface area contributed by atoms with Gasteiger partial charge in [0.05, 0.1) is 31.1 Å². The molecule has 0 aliphatic carbocycles. The highest BCUT2D eigenvalue weighted by atomic mass is 16.5. The zero-order valence-electron chi connectivity index (χ0n) is 21.6. The molecule has 0 bridgehead atoms. The highest BCUT2D eigenvalue weighted by Crippen LogP contribution is 2.32. The van der Waals surface area contributed by atoms with Crippen molar-refractivity contribution < 1.29 is 9.47 Å². The molecule has 0 saturated carbocycles. The van der Waals surface area contributed by atoms with Crippen LogP contribution in [0.2, 0.25) is 0 Å². The zero-order valence-corrected chi connectivity index (χ0v) is 21.6. The molecule has 190 valence electrons. The molecule has 2 fully saturated rings. The number of fused-ring (bicyclic) bond motifs is 1. The molecule has 0 atom stereocenters. The van der Waals surface area contributed by atoms with Gasteiger partial charge in [0.2, 0.25) is 0 Å². The smallest absolute Gasteiger partial charge is 0.161 e. The van der Waals surface area contributed by atoms with Crippen LogP contribution in [0.5, 0.6) is 0 Å². The van der Waals surface area contributed by atoms with Gasteiger partial charge in [-0.25, -0.2) is 9.97 Å². The maximum Gasteiger partial charge on any atom is 0.161 e. The van der Waals surface area contributed by atoms with Crippen molar-refractivity contribution in [2.24, 2.45) is 0 Å². The van der Waals surface area contributed by atoms with Crippen LogP contribution in [0.15, 0.2) is 24.3 Å². The van der Waals surface area contributed by atoms with Gasteiger partial charge in [0.15, 0.2) is 5.82 Å². The van der Waals surface area contributed by atoms with Gasteiger partial charge in [-0.2, -0.15) is 0 Å². The Kier molecular flexibility index (Phi) is 7.53. The number of hydrogen-bond donors (Lipinski definition) is 1. The summed E-state index contributed by atoms with van der Waals surface area (Å²) in [5.74, 6) is 1.72. The molecule has 0 spiro atoms. The van der Waals surface area contributed by atoms with Gasteiger partial charge in [-0.05, 0) is 58.1 Å². The van der Waals surface area contributed by atoms with E-state index in [-0.39, 0.29) is 5.60 Å². The number of nitrogens with zero attached hydrogens (tertiary/aromatic N) is 5. The van der Waals surface area contributed by atoms with Crippen molar-refractivity contribution in [3.05, 3.63) is 35.5 Å². The number of ether oxygens (including phenoxy) is 2. The van der Waals surface area contributed by atoms with Crippen LogP contribution < -0.4 is 10.2 Å². The average Bonchev–Trinajstić information content (AvgIpc) is 2.87. The van der Waals surface area contributed by atoms with Crippen LogP contribution >= 0.6 is 0 Å². The van der Waals surface area contributed by atoms with Crippen LogP contribution in [0.3, 0.4) is 0 Å². The Balaban J connectivity index is 1.31. The van der Waals surface area contributed by atoms with Crippen LogP contribution in [0.4, 0.5) is 11.5 Å².